The van der Waals surface area contributed by atoms with Gasteiger partial charge in [0.05, 0.1) is 18.3 Å². The number of hydrogen-bond acceptors (Lipinski definition) is 5. The van der Waals surface area contributed by atoms with E-state index in [2.05, 4.69) is 10.2 Å². The number of amides is 1. The van der Waals surface area contributed by atoms with Crippen LogP contribution in [0.3, 0.4) is 0 Å². The molecule has 1 saturated heterocycles. The summed E-state index contributed by atoms with van der Waals surface area (Å²) in [7, 11) is 1.75. The molecular weight excluding hydrogens is 397 g/mol. The van der Waals surface area contributed by atoms with Crippen molar-refractivity contribution in [2.45, 2.75) is 18.6 Å². The molecule has 1 aliphatic rings. The first kappa shape index (κ1) is 18.1. The van der Waals surface area contributed by atoms with Crippen LogP contribution in [0.5, 0.6) is 0 Å². The Kier molecular flexibility index (Phi) is 4.07. The van der Waals surface area contributed by atoms with E-state index in [0.717, 1.165) is 26.0 Å². The molecule has 4 heterocycles. The molecule has 2 N–H and O–H groups in total. The number of thiophene rings is 1. The quantitative estimate of drug-likeness (QED) is 0.525. The van der Waals surface area contributed by atoms with Crippen molar-refractivity contribution in [2.75, 3.05) is 13.1 Å². The number of aryl methyl sites for hydroxylation is 1. The van der Waals surface area contributed by atoms with Gasteiger partial charge in [0.2, 0.25) is 0 Å². The van der Waals surface area contributed by atoms with Gasteiger partial charge in [0.1, 0.15) is 10.3 Å². The molecule has 0 radical (unpaired) electrons. The fourth-order valence-corrected chi connectivity index (χ4v) is 5.05. The molecule has 2 atom stereocenters. The van der Waals surface area contributed by atoms with Gasteiger partial charge < -0.3 is 15.1 Å². The van der Waals surface area contributed by atoms with Gasteiger partial charge in [-0.05, 0) is 30.2 Å². The number of aliphatic hydroxyl groups excluding tert-OH is 1. The Morgan fingerprint density at radius 2 is 2.14 bits per heavy atom. The number of halogens is 1. The molecule has 1 amide bonds. The number of carbonyl (C=O) groups is 1. The number of likely N-dealkylation sites (tertiary alicyclic amines) is 1. The molecule has 8 nitrogen and oxygen atoms in total. The van der Waals surface area contributed by atoms with Crippen LogP contribution in [0.4, 0.5) is 9.18 Å². The molecule has 0 saturated carbocycles. The smallest absolute Gasteiger partial charge is 0.407 e. The molecule has 0 unspecified atom stereocenters. The van der Waals surface area contributed by atoms with Gasteiger partial charge in [-0.3, -0.25) is 4.68 Å². The summed E-state index contributed by atoms with van der Waals surface area (Å²) in [6.45, 7) is 0.480. The van der Waals surface area contributed by atoms with E-state index in [9.17, 15) is 19.4 Å². The zero-order chi connectivity index (χ0) is 20.3. The van der Waals surface area contributed by atoms with Crippen LogP contribution in [0.25, 0.3) is 31.6 Å². The number of piperidine rings is 1. The molecule has 4 aromatic rings. The molecule has 5 rings (SSSR count). The van der Waals surface area contributed by atoms with Crippen molar-refractivity contribution in [1.82, 2.24) is 24.5 Å². The molecule has 29 heavy (non-hydrogen) atoms. The highest BCUT2D eigenvalue weighted by molar-refractivity contribution is 7.21. The number of aliphatic hydroxyl groups is 1. The van der Waals surface area contributed by atoms with Crippen LogP contribution in [-0.4, -0.2) is 60.0 Å². The number of fused-ring (bicyclic) bond motifs is 2. The van der Waals surface area contributed by atoms with Crippen LogP contribution >= 0.6 is 11.3 Å². The Balaban J connectivity index is 1.56. The Bertz CT molecular complexity index is 1250. The van der Waals surface area contributed by atoms with E-state index in [1.165, 1.54) is 22.3 Å². The lowest BCUT2D eigenvalue weighted by Gasteiger charge is -2.34. The monoisotopic (exact) mass is 415 g/mol. The normalized spacial score (nSPS) is 20.0. The zero-order valence-electron chi connectivity index (χ0n) is 15.5. The molecule has 10 heteroatoms. The van der Waals surface area contributed by atoms with Crippen LogP contribution in [0, 0.1) is 5.82 Å². The molecular formula is C19H18FN5O3S. The van der Waals surface area contributed by atoms with Gasteiger partial charge in [-0.15, -0.1) is 11.3 Å². The first-order valence-electron chi connectivity index (χ1n) is 9.17. The average Bonchev–Trinajstić information content (AvgIpc) is 3.35. The summed E-state index contributed by atoms with van der Waals surface area (Å²) in [6, 6.07) is 4.85. The number of benzene rings is 1. The third-order valence-corrected chi connectivity index (χ3v) is 6.55. The van der Waals surface area contributed by atoms with Crippen LogP contribution in [0.15, 0.2) is 30.6 Å². The van der Waals surface area contributed by atoms with E-state index in [4.69, 9.17) is 0 Å². The summed E-state index contributed by atoms with van der Waals surface area (Å²) >= 11 is 1.44. The highest BCUT2D eigenvalue weighted by atomic mass is 32.1. The van der Waals surface area contributed by atoms with Crippen molar-refractivity contribution >= 4 is 38.5 Å². The second-order valence-electron chi connectivity index (χ2n) is 7.31. The maximum absolute atomic E-state index is 14.5. The average molecular weight is 415 g/mol. The van der Waals surface area contributed by atoms with Crippen molar-refractivity contribution in [3.8, 4) is 10.4 Å². The minimum absolute atomic E-state index is 0.177. The summed E-state index contributed by atoms with van der Waals surface area (Å²) in [5, 5.41) is 29.9. The van der Waals surface area contributed by atoms with Gasteiger partial charge in [-0.25, -0.2) is 13.9 Å². The maximum atomic E-state index is 14.5. The first-order chi connectivity index (χ1) is 13.9. The second-order valence-corrected chi connectivity index (χ2v) is 8.34. The standard InChI is InChI=1S/C19H18FN5O3S/c1-23-8-12-4-10(5-13(20)17(12)22-23)16-6-11-7-21-25(18(11)29-16)14-9-24(19(27)28)3-2-15(14)26/h4-8,14-15,26H,2-3,9H2,1H3,(H,27,28)/t14-,15-/m1/s1. The van der Waals surface area contributed by atoms with Gasteiger partial charge in [0.15, 0.2) is 5.82 Å². The van der Waals surface area contributed by atoms with Crippen molar-refractivity contribution < 1.29 is 19.4 Å². The topological polar surface area (TPSA) is 96.4 Å². The summed E-state index contributed by atoms with van der Waals surface area (Å²) in [6.07, 6.45) is 2.15. The Hall–Kier alpha value is -2.98. The molecule has 1 fully saturated rings. The summed E-state index contributed by atoms with van der Waals surface area (Å²) in [4.78, 5) is 14.3. The van der Waals surface area contributed by atoms with Gasteiger partial charge in [-0.2, -0.15) is 10.2 Å². The molecule has 1 aliphatic heterocycles. The third kappa shape index (κ3) is 2.95. The predicted molar refractivity (Wildman–Crippen MR) is 107 cm³/mol. The van der Waals surface area contributed by atoms with E-state index < -0.39 is 18.2 Å². The molecule has 150 valence electrons. The number of hydrogen-bond donors (Lipinski definition) is 2. The number of rotatable bonds is 2. The van der Waals surface area contributed by atoms with Crippen molar-refractivity contribution in [2.24, 2.45) is 7.05 Å². The van der Waals surface area contributed by atoms with Crippen molar-refractivity contribution in [1.29, 1.82) is 0 Å². The summed E-state index contributed by atoms with van der Waals surface area (Å²) in [5.41, 5.74) is 1.08. The SMILES string of the molecule is Cn1cc2cc(-c3cc4cnn([C@@H]5CN(C(=O)O)CC[C@H]5O)c4s3)cc(F)c2n1. The van der Waals surface area contributed by atoms with E-state index in [0.29, 0.717) is 18.5 Å². The highest BCUT2D eigenvalue weighted by Crippen LogP contribution is 2.37. The van der Waals surface area contributed by atoms with Crippen molar-refractivity contribution in [3.05, 3.63) is 36.4 Å². The Morgan fingerprint density at radius 1 is 1.31 bits per heavy atom. The predicted octanol–water partition coefficient (Wildman–Crippen LogP) is 3.08. The molecule has 0 spiro atoms. The van der Waals surface area contributed by atoms with Crippen LogP contribution < -0.4 is 0 Å². The number of aromatic nitrogens is 4. The van der Waals surface area contributed by atoms with Crippen LogP contribution in [0.1, 0.15) is 12.5 Å². The van der Waals surface area contributed by atoms with E-state index in [-0.39, 0.29) is 12.4 Å². The summed E-state index contributed by atoms with van der Waals surface area (Å²) < 4.78 is 17.8. The van der Waals surface area contributed by atoms with Crippen LogP contribution in [0.2, 0.25) is 0 Å². The Labute approximate surface area is 168 Å². The van der Waals surface area contributed by atoms with Crippen LogP contribution in [-0.2, 0) is 7.05 Å². The van der Waals surface area contributed by atoms with E-state index in [1.807, 2.05) is 12.1 Å². The third-order valence-electron chi connectivity index (χ3n) is 5.36. The highest BCUT2D eigenvalue weighted by Gasteiger charge is 2.33. The lowest BCUT2D eigenvalue weighted by molar-refractivity contribution is 0.0321. The second kappa shape index (κ2) is 6.53. The van der Waals surface area contributed by atoms with Crippen molar-refractivity contribution in [3.63, 3.8) is 0 Å². The number of carboxylic acid groups (broad SMARTS) is 1. The minimum atomic E-state index is -1.00. The molecule has 1 aromatic carbocycles. The lowest BCUT2D eigenvalue weighted by atomic mass is 10.0. The van der Waals surface area contributed by atoms with E-state index >= 15 is 0 Å². The Morgan fingerprint density at radius 3 is 2.93 bits per heavy atom. The first-order valence-corrected chi connectivity index (χ1v) is 9.98. The van der Waals surface area contributed by atoms with Gasteiger partial charge in [-0.1, -0.05) is 0 Å². The zero-order valence-corrected chi connectivity index (χ0v) is 16.3. The van der Waals surface area contributed by atoms with Gasteiger partial charge >= 0.3 is 6.09 Å². The molecule has 3 aromatic heterocycles. The maximum Gasteiger partial charge on any atom is 0.407 e. The largest absolute Gasteiger partial charge is 0.465 e. The summed E-state index contributed by atoms with van der Waals surface area (Å²) in [5.74, 6) is -0.378. The molecule has 0 bridgehead atoms. The number of nitrogens with zero attached hydrogens (tertiary/aromatic N) is 5. The lowest BCUT2D eigenvalue weighted by Crippen LogP contribution is -2.46. The fourth-order valence-electron chi connectivity index (χ4n) is 3.91. The van der Waals surface area contributed by atoms with Gasteiger partial charge in [0, 0.05) is 42.0 Å². The van der Waals surface area contributed by atoms with E-state index in [1.54, 1.807) is 28.8 Å². The minimum Gasteiger partial charge on any atom is -0.465 e. The van der Waals surface area contributed by atoms with Gasteiger partial charge in [0.25, 0.3) is 0 Å². The fraction of sp³-hybridized carbons (Fsp3) is 0.316. The molecule has 0 aliphatic carbocycles.